The first-order valence-corrected chi connectivity index (χ1v) is 9.12. The number of carbonyl (C=O) groups is 2. The Morgan fingerprint density at radius 3 is 2.77 bits per heavy atom. The highest BCUT2D eigenvalue weighted by Crippen LogP contribution is 2.24. The van der Waals surface area contributed by atoms with Crippen LogP contribution in [0.1, 0.15) is 37.8 Å². The zero-order valence-corrected chi connectivity index (χ0v) is 15.1. The number of carbonyl (C=O) groups excluding carboxylic acids is 1. The molecule has 0 spiro atoms. The van der Waals surface area contributed by atoms with Crippen LogP contribution in [0.5, 0.6) is 0 Å². The second kappa shape index (κ2) is 8.36. The smallest absolute Gasteiger partial charge is 0.303 e. The van der Waals surface area contributed by atoms with E-state index in [-0.39, 0.29) is 24.8 Å². The molecule has 1 saturated heterocycles. The van der Waals surface area contributed by atoms with Crippen LogP contribution in [0.25, 0.3) is 11.5 Å². The molecule has 7 heteroatoms. The van der Waals surface area contributed by atoms with Gasteiger partial charge in [0.1, 0.15) is 6.26 Å². The second-order valence-electron chi connectivity index (χ2n) is 6.50. The quantitative estimate of drug-likeness (QED) is 0.829. The number of aliphatic carboxylic acids is 1. The second-order valence-corrected chi connectivity index (χ2v) is 6.93. The first-order valence-electron chi connectivity index (χ1n) is 8.74. The predicted molar refractivity (Wildman–Crippen MR) is 96.9 cm³/mol. The molecule has 0 saturated carbocycles. The molecular formula is C19H21ClN2O4. The standard InChI is InChI=1S/C19H21ClN2O4/c20-14-6-4-13(5-7-14)19-21-15(12-26-19)11-17(23)22-10-2-1-3-16(22)8-9-18(24)25/h4-7,12,16H,1-3,8-11H2,(H,24,25)/t16-/m1/s1. The number of aromatic nitrogens is 1. The number of carboxylic acids is 1. The number of likely N-dealkylation sites (tertiary alicyclic amines) is 1. The number of carboxylic acid groups (broad SMARTS) is 1. The highest BCUT2D eigenvalue weighted by atomic mass is 35.5. The predicted octanol–water partition coefficient (Wildman–Crippen LogP) is 3.78. The van der Waals surface area contributed by atoms with Gasteiger partial charge in [0.15, 0.2) is 0 Å². The molecule has 0 aliphatic carbocycles. The molecule has 1 aromatic carbocycles. The van der Waals surface area contributed by atoms with E-state index in [1.54, 1.807) is 12.1 Å². The van der Waals surface area contributed by atoms with Gasteiger partial charge in [0.2, 0.25) is 11.8 Å². The summed E-state index contributed by atoms with van der Waals surface area (Å²) in [6.07, 6.45) is 5.06. The van der Waals surface area contributed by atoms with Crippen LogP contribution in [-0.2, 0) is 16.0 Å². The van der Waals surface area contributed by atoms with Crippen molar-refractivity contribution in [3.05, 3.63) is 41.2 Å². The topological polar surface area (TPSA) is 83.6 Å². The highest BCUT2D eigenvalue weighted by Gasteiger charge is 2.27. The Morgan fingerprint density at radius 2 is 2.04 bits per heavy atom. The van der Waals surface area contributed by atoms with E-state index in [0.29, 0.717) is 29.6 Å². The van der Waals surface area contributed by atoms with E-state index in [9.17, 15) is 9.59 Å². The van der Waals surface area contributed by atoms with E-state index in [4.69, 9.17) is 21.1 Å². The van der Waals surface area contributed by atoms with Crippen molar-refractivity contribution in [3.63, 3.8) is 0 Å². The molecule has 3 rings (SSSR count). The van der Waals surface area contributed by atoms with Crippen molar-refractivity contribution in [3.8, 4) is 11.5 Å². The summed E-state index contributed by atoms with van der Waals surface area (Å²) in [5.74, 6) is -0.409. The summed E-state index contributed by atoms with van der Waals surface area (Å²) < 4.78 is 5.48. The fraction of sp³-hybridized carbons (Fsp3) is 0.421. The van der Waals surface area contributed by atoms with Gasteiger partial charge in [-0.2, -0.15) is 0 Å². The molecule has 2 heterocycles. The van der Waals surface area contributed by atoms with Gasteiger partial charge in [0.25, 0.3) is 0 Å². The third-order valence-corrected chi connectivity index (χ3v) is 4.87. The SMILES string of the molecule is O=C(O)CC[C@H]1CCCCN1C(=O)Cc1coc(-c2ccc(Cl)cc2)n1. The molecule has 1 aromatic heterocycles. The number of nitrogens with zero attached hydrogens (tertiary/aromatic N) is 2. The van der Waals surface area contributed by atoms with Crippen molar-refractivity contribution < 1.29 is 19.1 Å². The van der Waals surface area contributed by atoms with Gasteiger partial charge in [-0.05, 0) is 49.9 Å². The van der Waals surface area contributed by atoms with Gasteiger partial charge < -0.3 is 14.4 Å². The Balaban J connectivity index is 1.65. The first kappa shape index (κ1) is 18.5. The Labute approximate surface area is 156 Å². The average molecular weight is 377 g/mol. The number of amides is 1. The van der Waals surface area contributed by atoms with Gasteiger partial charge in [-0.25, -0.2) is 4.98 Å². The lowest BCUT2D eigenvalue weighted by Gasteiger charge is -2.35. The zero-order valence-electron chi connectivity index (χ0n) is 14.4. The molecule has 138 valence electrons. The van der Waals surface area contributed by atoms with Gasteiger partial charge in [0, 0.05) is 29.6 Å². The van der Waals surface area contributed by atoms with Crippen LogP contribution in [0.4, 0.5) is 0 Å². The van der Waals surface area contributed by atoms with Crippen LogP contribution in [0.15, 0.2) is 34.9 Å². The normalized spacial score (nSPS) is 17.3. The van der Waals surface area contributed by atoms with Crippen LogP contribution in [-0.4, -0.2) is 39.5 Å². The molecule has 26 heavy (non-hydrogen) atoms. The molecule has 1 fully saturated rings. The van der Waals surface area contributed by atoms with E-state index >= 15 is 0 Å². The summed E-state index contributed by atoms with van der Waals surface area (Å²) in [7, 11) is 0. The maximum atomic E-state index is 12.7. The maximum Gasteiger partial charge on any atom is 0.303 e. The number of hydrogen-bond donors (Lipinski definition) is 1. The summed E-state index contributed by atoms with van der Waals surface area (Å²) in [6, 6.07) is 7.13. The summed E-state index contributed by atoms with van der Waals surface area (Å²) >= 11 is 5.88. The minimum absolute atomic E-state index is 0.00464. The van der Waals surface area contributed by atoms with Crippen LogP contribution >= 0.6 is 11.6 Å². The summed E-state index contributed by atoms with van der Waals surface area (Å²) in [5, 5.41) is 9.53. The maximum absolute atomic E-state index is 12.7. The van der Waals surface area contributed by atoms with Crippen molar-refractivity contribution in [1.29, 1.82) is 0 Å². The Morgan fingerprint density at radius 1 is 1.27 bits per heavy atom. The van der Waals surface area contributed by atoms with E-state index in [2.05, 4.69) is 4.98 Å². The van der Waals surface area contributed by atoms with Gasteiger partial charge >= 0.3 is 5.97 Å². The third-order valence-electron chi connectivity index (χ3n) is 4.61. The van der Waals surface area contributed by atoms with Gasteiger partial charge in [0.05, 0.1) is 12.1 Å². The fourth-order valence-corrected chi connectivity index (χ4v) is 3.41. The number of oxazole rings is 1. The van der Waals surface area contributed by atoms with Crippen molar-refractivity contribution in [2.75, 3.05) is 6.54 Å². The molecule has 1 aliphatic heterocycles. The van der Waals surface area contributed by atoms with E-state index < -0.39 is 5.97 Å². The highest BCUT2D eigenvalue weighted by molar-refractivity contribution is 6.30. The summed E-state index contributed by atoms with van der Waals surface area (Å²) in [5.41, 5.74) is 1.37. The third kappa shape index (κ3) is 4.64. The molecular weight excluding hydrogens is 356 g/mol. The number of benzene rings is 1. The van der Waals surface area contributed by atoms with Crippen molar-refractivity contribution in [1.82, 2.24) is 9.88 Å². The van der Waals surface area contributed by atoms with Gasteiger partial charge in [-0.1, -0.05) is 11.6 Å². The Kier molecular flexibility index (Phi) is 5.93. The largest absolute Gasteiger partial charge is 0.481 e. The lowest BCUT2D eigenvalue weighted by atomic mass is 9.97. The zero-order chi connectivity index (χ0) is 18.5. The minimum atomic E-state index is -0.827. The lowest BCUT2D eigenvalue weighted by Crippen LogP contribution is -2.44. The van der Waals surface area contributed by atoms with Crippen LogP contribution in [0.2, 0.25) is 5.02 Å². The Hall–Kier alpha value is -2.34. The van der Waals surface area contributed by atoms with Gasteiger partial charge in [-0.15, -0.1) is 0 Å². The molecule has 0 bridgehead atoms. The van der Waals surface area contributed by atoms with Gasteiger partial charge in [-0.3, -0.25) is 9.59 Å². The molecule has 0 unspecified atom stereocenters. The average Bonchev–Trinajstić information content (AvgIpc) is 3.09. The lowest BCUT2D eigenvalue weighted by molar-refractivity contribution is -0.139. The molecule has 1 atom stereocenters. The Bertz CT molecular complexity index is 772. The van der Waals surface area contributed by atoms with Crippen molar-refractivity contribution >= 4 is 23.5 Å². The molecule has 6 nitrogen and oxygen atoms in total. The monoisotopic (exact) mass is 376 g/mol. The number of rotatable bonds is 6. The van der Waals surface area contributed by atoms with Crippen LogP contribution in [0.3, 0.4) is 0 Å². The molecule has 0 radical (unpaired) electrons. The van der Waals surface area contributed by atoms with Crippen LogP contribution < -0.4 is 0 Å². The van der Waals surface area contributed by atoms with E-state index in [1.807, 2.05) is 17.0 Å². The van der Waals surface area contributed by atoms with Crippen molar-refractivity contribution in [2.45, 2.75) is 44.6 Å². The van der Waals surface area contributed by atoms with E-state index in [0.717, 1.165) is 24.8 Å². The fourth-order valence-electron chi connectivity index (χ4n) is 3.29. The summed E-state index contributed by atoms with van der Waals surface area (Å²) in [4.78, 5) is 29.7. The number of hydrogen-bond acceptors (Lipinski definition) is 4. The first-order chi connectivity index (χ1) is 12.5. The molecule has 1 aliphatic rings. The van der Waals surface area contributed by atoms with Crippen LogP contribution in [0, 0.1) is 0 Å². The van der Waals surface area contributed by atoms with E-state index in [1.165, 1.54) is 6.26 Å². The number of piperidine rings is 1. The minimum Gasteiger partial charge on any atom is -0.481 e. The molecule has 2 aromatic rings. The summed E-state index contributed by atoms with van der Waals surface area (Å²) in [6.45, 7) is 0.672. The number of halogens is 1. The molecule has 1 amide bonds. The van der Waals surface area contributed by atoms with Crippen molar-refractivity contribution in [2.24, 2.45) is 0 Å². The molecule has 1 N–H and O–H groups in total.